The van der Waals surface area contributed by atoms with Gasteiger partial charge in [-0.15, -0.1) is 0 Å². The highest BCUT2D eigenvalue weighted by molar-refractivity contribution is 5.76. The smallest absolute Gasteiger partial charge is 0.220 e. The number of hydrogen-bond acceptors (Lipinski definition) is 3. The van der Waals surface area contributed by atoms with E-state index in [1.165, 1.54) is 25.9 Å². The standard InChI is InChI=1S/C15H31N3O/c1-3-14(8-9-16)6-7-15(19)17-13(2)12-18-10-4-5-11-18/h13-14H,3-12,16H2,1-2H3,(H,17,19). The highest BCUT2D eigenvalue weighted by atomic mass is 16.1. The molecule has 1 aliphatic rings. The number of carbonyl (C=O) groups is 1. The lowest BCUT2D eigenvalue weighted by Gasteiger charge is -2.21. The van der Waals surface area contributed by atoms with Crippen molar-refractivity contribution in [2.45, 2.75) is 58.4 Å². The van der Waals surface area contributed by atoms with Crippen LogP contribution in [-0.2, 0) is 4.79 Å². The predicted octanol–water partition coefficient (Wildman–Crippen LogP) is 1.74. The molecule has 0 saturated carbocycles. The van der Waals surface area contributed by atoms with Crippen LogP contribution in [0.1, 0.15) is 52.4 Å². The fraction of sp³-hybridized carbons (Fsp3) is 0.933. The number of nitrogens with one attached hydrogen (secondary N) is 1. The first-order valence-corrected chi connectivity index (χ1v) is 7.87. The first-order chi connectivity index (χ1) is 9.15. The van der Waals surface area contributed by atoms with Crippen molar-refractivity contribution in [3.05, 3.63) is 0 Å². The molecule has 2 unspecified atom stereocenters. The van der Waals surface area contributed by atoms with Gasteiger partial charge in [0.2, 0.25) is 5.91 Å². The summed E-state index contributed by atoms with van der Waals surface area (Å²) in [5.41, 5.74) is 5.58. The third-order valence-corrected chi connectivity index (χ3v) is 4.07. The molecule has 1 amide bonds. The van der Waals surface area contributed by atoms with Gasteiger partial charge in [0.15, 0.2) is 0 Å². The fourth-order valence-electron chi connectivity index (χ4n) is 2.87. The molecule has 0 bridgehead atoms. The van der Waals surface area contributed by atoms with Crippen molar-refractivity contribution in [1.82, 2.24) is 10.2 Å². The zero-order valence-electron chi connectivity index (χ0n) is 12.7. The average molecular weight is 269 g/mol. The summed E-state index contributed by atoms with van der Waals surface area (Å²) in [6.45, 7) is 8.38. The Kier molecular flexibility index (Phi) is 8.07. The molecule has 0 radical (unpaired) electrons. The second kappa shape index (κ2) is 9.32. The molecule has 3 N–H and O–H groups in total. The van der Waals surface area contributed by atoms with E-state index in [0.717, 1.165) is 32.4 Å². The van der Waals surface area contributed by atoms with E-state index < -0.39 is 0 Å². The lowest BCUT2D eigenvalue weighted by molar-refractivity contribution is -0.122. The third-order valence-electron chi connectivity index (χ3n) is 4.07. The van der Waals surface area contributed by atoms with Crippen LogP contribution in [-0.4, -0.2) is 43.0 Å². The molecular weight excluding hydrogens is 238 g/mol. The van der Waals surface area contributed by atoms with E-state index in [1.54, 1.807) is 0 Å². The number of hydrogen-bond donors (Lipinski definition) is 2. The van der Waals surface area contributed by atoms with Crippen molar-refractivity contribution >= 4 is 5.91 Å². The molecule has 0 aromatic heterocycles. The van der Waals surface area contributed by atoms with Gasteiger partial charge in [-0.05, 0) is 58.2 Å². The van der Waals surface area contributed by atoms with E-state index in [1.807, 2.05) is 0 Å². The molecule has 1 fully saturated rings. The Hall–Kier alpha value is -0.610. The van der Waals surface area contributed by atoms with Gasteiger partial charge in [0.1, 0.15) is 0 Å². The summed E-state index contributed by atoms with van der Waals surface area (Å²) in [7, 11) is 0. The van der Waals surface area contributed by atoms with Crippen molar-refractivity contribution in [3.8, 4) is 0 Å². The summed E-state index contributed by atoms with van der Waals surface area (Å²) < 4.78 is 0. The lowest BCUT2D eigenvalue weighted by Crippen LogP contribution is -2.41. The fourth-order valence-corrected chi connectivity index (χ4v) is 2.87. The molecule has 1 aliphatic heterocycles. The summed E-state index contributed by atoms with van der Waals surface area (Å²) >= 11 is 0. The molecular formula is C15H31N3O. The van der Waals surface area contributed by atoms with Gasteiger partial charge in [0.05, 0.1) is 0 Å². The number of likely N-dealkylation sites (tertiary alicyclic amines) is 1. The lowest BCUT2D eigenvalue weighted by atomic mass is 9.96. The number of carbonyl (C=O) groups excluding carboxylic acids is 1. The first-order valence-electron chi connectivity index (χ1n) is 7.87. The van der Waals surface area contributed by atoms with Crippen LogP contribution in [0.2, 0.25) is 0 Å². The summed E-state index contributed by atoms with van der Waals surface area (Å²) in [6.07, 6.45) is 6.37. The Balaban J connectivity index is 2.14. The van der Waals surface area contributed by atoms with E-state index in [4.69, 9.17) is 5.73 Å². The first kappa shape index (κ1) is 16.4. The topological polar surface area (TPSA) is 58.4 Å². The van der Waals surface area contributed by atoms with Gasteiger partial charge in [-0.2, -0.15) is 0 Å². The molecule has 1 saturated heterocycles. The van der Waals surface area contributed by atoms with Crippen LogP contribution >= 0.6 is 0 Å². The Morgan fingerprint density at radius 3 is 2.58 bits per heavy atom. The molecule has 2 atom stereocenters. The van der Waals surface area contributed by atoms with Gasteiger partial charge < -0.3 is 16.0 Å². The monoisotopic (exact) mass is 269 g/mol. The molecule has 1 rings (SSSR count). The van der Waals surface area contributed by atoms with Crippen molar-refractivity contribution < 1.29 is 4.79 Å². The Bertz CT molecular complexity index is 252. The summed E-state index contributed by atoms with van der Waals surface area (Å²) in [6, 6.07) is 0.264. The van der Waals surface area contributed by atoms with Crippen LogP contribution in [0.15, 0.2) is 0 Å². The van der Waals surface area contributed by atoms with Gasteiger partial charge in [0.25, 0.3) is 0 Å². The predicted molar refractivity (Wildman–Crippen MR) is 80.0 cm³/mol. The van der Waals surface area contributed by atoms with Crippen LogP contribution in [0.5, 0.6) is 0 Å². The molecule has 0 spiro atoms. The van der Waals surface area contributed by atoms with Gasteiger partial charge in [-0.1, -0.05) is 13.3 Å². The SMILES string of the molecule is CCC(CCN)CCC(=O)NC(C)CN1CCCC1. The van der Waals surface area contributed by atoms with Crippen LogP contribution in [0, 0.1) is 5.92 Å². The second-order valence-electron chi connectivity index (χ2n) is 5.87. The van der Waals surface area contributed by atoms with Crippen LogP contribution in [0.3, 0.4) is 0 Å². The maximum atomic E-state index is 11.9. The summed E-state index contributed by atoms with van der Waals surface area (Å²) in [5, 5.41) is 3.12. The molecule has 0 aliphatic carbocycles. The van der Waals surface area contributed by atoms with Crippen molar-refractivity contribution in [2.24, 2.45) is 11.7 Å². The summed E-state index contributed by atoms with van der Waals surface area (Å²) in [5.74, 6) is 0.798. The van der Waals surface area contributed by atoms with Crippen LogP contribution in [0.4, 0.5) is 0 Å². The van der Waals surface area contributed by atoms with Crippen molar-refractivity contribution in [1.29, 1.82) is 0 Å². The molecule has 0 aromatic carbocycles. The maximum absolute atomic E-state index is 11.9. The maximum Gasteiger partial charge on any atom is 0.220 e. The zero-order valence-corrected chi connectivity index (χ0v) is 12.7. The number of nitrogens with zero attached hydrogens (tertiary/aromatic N) is 1. The molecule has 19 heavy (non-hydrogen) atoms. The second-order valence-corrected chi connectivity index (χ2v) is 5.87. The van der Waals surface area contributed by atoms with Crippen molar-refractivity contribution in [2.75, 3.05) is 26.2 Å². The van der Waals surface area contributed by atoms with E-state index in [-0.39, 0.29) is 11.9 Å². The van der Waals surface area contributed by atoms with Gasteiger partial charge in [0, 0.05) is 19.0 Å². The summed E-state index contributed by atoms with van der Waals surface area (Å²) in [4.78, 5) is 14.3. The van der Waals surface area contributed by atoms with E-state index in [0.29, 0.717) is 12.3 Å². The largest absolute Gasteiger partial charge is 0.352 e. The Morgan fingerprint density at radius 1 is 1.32 bits per heavy atom. The highest BCUT2D eigenvalue weighted by Gasteiger charge is 2.16. The Labute approximate surface area is 118 Å². The average Bonchev–Trinajstić information content (AvgIpc) is 2.86. The third kappa shape index (κ3) is 6.92. The molecule has 1 heterocycles. The molecule has 4 heteroatoms. The molecule has 0 aromatic rings. The van der Waals surface area contributed by atoms with Crippen LogP contribution < -0.4 is 11.1 Å². The van der Waals surface area contributed by atoms with E-state index in [2.05, 4.69) is 24.1 Å². The minimum absolute atomic E-state index is 0.196. The zero-order chi connectivity index (χ0) is 14.1. The highest BCUT2D eigenvalue weighted by Crippen LogP contribution is 2.14. The van der Waals surface area contributed by atoms with E-state index >= 15 is 0 Å². The van der Waals surface area contributed by atoms with Crippen LogP contribution in [0.25, 0.3) is 0 Å². The van der Waals surface area contributed by atoms with Gasteiger partial charge in [-0.25, -0.2) is 0 Å². The quantitative estimate of drug-likeness (QED) is 0.670. The van der Waals surface area contributed by atoms with Crippen molar-refractivity contribution in [3.63, 3.8) is 0 Å². The molecule has 112 valence electrons. The minimum atomic E-state index is 0.196. The molecule has 4 nitrogen and oxygen atoms in total. The number of amides is 1. The van der Waals surface area contributed by atoms with Gasteiger partial charge >= 0.3 is 0 Å². The Morgan fingerprint density at radius 2 is 2.00 bits per heavy atom. The van der Waals surface area contributed by atoms with E-state index in [9.17, 15) is 4.79 Å². The normalized spacial score (nSPS) is 19.3. The van der Waals surface area contributed by atoms with Gasteiger partial charge in [-0.3, -0.25) is 4.79 Å². The number of rotatable bonds is 9. The minimum Gasteiger partial charge on any atom is -0.352 e. The number of nitrogens with two attached hydrogens (primary N) is 1.